The SMILES string of the molecule is CN[C@@H](CC(C)C)C(=O)N[C@H](C(=O)CCCCCCC(=O)C(C(OC(C)=O)[C@H](C)CC=O)N(C)C)C(C)C. The van der Waals surface area contributed by atoms with Crippen LogP contribution in [0.1, 0.15) is 92.9 Å². The van der Waals surface area contributed by atoms with Crippen molar-refractivity contribution in [2.24, 2.45) is 17.8 Å². The van der Waals surface area contributed by atoms with Crippen LogP contribution in [0, 0.1) is 17.8 Å². The van der Waals surface area contributed by atoms with Crippen LogP contribution in [-0.4, -0.2) is 80.0 Å². The Kier molecular flexibility index (Phi) is 17.9. The molecule has 0 aliphatic rings. The predicted molar refractivity (Wildman–Crippen MR) is 150 cm³/mol. The number of carbonyl (C=O) groups is 5. The maximum Gasteiger partial charge on any atom is 0.302 e. The lowest BCUT2D eigenvalue weighted by atomic mass is 9.90. The molecule has 38 heavy (non-hydrogen) atoms. The van der Waals surface area contributed by atoms with Crippen LogP contribution < -0.4 is 10.6 Å². The lowest BCUT2D eigenvalue weighted by Crippen LogP contribution is -2.51. The topological polar surface area (TPSA) is 122 Å². The van der Waals surface area contributed by atoms with Gasteiger partial charge in [-0.05, 0) is 52.2 Å². The third-order valence-electron chi connectivity index (χ3n) is 6.81. The highest BCUT2D eigenvalue weighted by atomic mass is 16.5. The van der Waals surface area contributed by atoms with E-state index >= 15 is 0 Å². The molecule has 0 radical (unpaired) electrons. The highest BCUT2D eigenvalue weighted by Gasteiger charge is 2.36. The van der Waals surface area contributed by atoms with E-state index in [4.69, 9.17) is 4.74 Å². The zero-order valence-corrected chi connectivity index (χ0v) is 25.2. The minimum Gasteiger partial charge on any atom is -0.460 e. The summed E-state index contributed by atoms with van der Waals surface area (Å²) in [4.78, 5) is 63.0. The average molecular weight is 540 g/mol. The van der Waals surface area contributed by atoms with E-state index in [2.05, 4.69) is 24.5 Å². The number of hydrogen-bond acceptors (Lipinski definition) is 8. The molecule has 5 atom stereocenters. The van der Waals surface area contributed by atoms with Gasteiger partial charge in [-0.2, -0.15) is 0 Å². The molecule has 0 rings (SSSR count). The second-order valence-corrected chi connectivity index (χ2v) is 11.4. The molecule has 0 heterocycles. The van der Waals surface area contributed by atoms with Crippen molar-refractivity contribution in [1.82, 2.24) is 15.5 Å². The van der Waals surface area contributed by atoms with Gasteiger partial charge in [-0.25, -0.2) is 0 Å². The van der Waals surface area contributed by atoms with Crippen molar-refractivity contribution in [2.45, 2.75) is 117 Å². The van der Waals surface area contributed by atoms with Gasteiger partial charge in [0, 0.05) is 32.1 Å². The summed E-state index contributed by atoms with van der Waals surface area (Å²) in [6.07, 6.45) is 4.64. The number of Topliss-reactive ketones (excluding diaryl/α,β-unsaturated/α-hetero) is 2. The fourth-order valence-corrected chi connectivity index (χ4v) is 4.69. The number of aldehydes is 1. The van der Waals surface area contributed by atoms with Crippen LogP contribution in [0.5, 0.6) is 0 Å². The fraction of sp³-hybridized carbons (Fsp3) is 0.828. The van der Waals surface area contributed by atoms with E-state index in [-0.39, 0.29) is 41.8 Å². The normalized spacial score (nSPS) is 15.6. The lowest BCUT2D eigenvalue weighted by molar-refractivity contribution is -0.155. The lowest BCUT2D eigenvalue weighted by Gasteiger charge is -2.33. The summed E-state index contributed by atoms with van der Waals surface area (Å²) in [5.74, 6) is -0.537. The molecule has 220 valence electrons. The van der Waals surface area contributed by atoms with Crippen molar-refractivity contribution in [3.63, 3.8) is 0 Å². The molecule has 0 aliphatic carbocycles. The molecule has 0 spiro atoms. The Balaban J connectivity index is 4.81. The number of esters is 1. The maximum absolute atomic E-state index is 13.1. The Labute approximate surface area is 230 Å². The summed E-state index contributed by atoms with van der Waals surface area (Å²) in [5, 5.41) is 5.99. The van der Waals surface area contributed by atoms with Crippen LogP contribution in [0.25, 0.3) is 0 Å². The third-order valence-corrected chi connectivity index (χ3v) is 6.81. The zero-order valence-electron chi connectivity index (χ0n) is 25.2. The van der Waals surface area contributed by atoms with Crippen molar-refractivity contribution >= 4 is 29.7 Å². The molecule has 0 aromatic heterocycles. The van der Waals surface area contributed by atoms with Crippen molar-refractivity contribution in [3.8, 4) is 0 Å². The highest BCUT2D eigenvalue weighted by molar-refractivity contribution is 5.91. The third kappa shape index (κ3) is 13.6. The number of rotatable bonds is 21. The van der Waals surface area contributed by atoms with Gasteiger partial charge >= 0.3 is 5.97 Å². The predicted octanol–water partition coefficient (Wildman–Crippen LogP) is 3.33. The molecule has 0 saturated carbocycles. The van der Waals surface area contributed by atoms with Gasteiger partial charge in [0.05, 0.1) is 12.1 Å². The minimum absolute atomic E-state index is 0.00429. The number of carbonyl (C=O) groups excluding carboxylic acids is 5. The highest BCUT2D eigenvalue weighted by Crippen LogP contribution is 2.21. The van der Waals surface area contributed by atoms with Gasteiger partial charge < -0.3 is 20.2 Å². The molecule has 0 aromatic rings. The Morgan fingerprint density at radius 2 is 1.45 bits per heavy atom. The largest absolute Gasteiger partial charge is 0.460 e. The van der Waals surface area contributed by atoms with E-state index in [1.54, 1.807) is 33.0 Å². The number of nitrogens with zero attached hydrogens (tertiary/aromatic N) is 1. The molecule has 9 nitrogen and oxygen atoms in total. The van der Waals surface area contributed by atoms with E-state index in [1.807, 2.05) is 13.8 Å². The smallest absolute Gasteiger partial charge is 0.302 e. The van der Waals surface area contributed by atoms with E-state index < -0.39 is 24.2 Å². The first-order valence-electron chi connectivity index (χ1n) is 14.1. The number of likely N-dealkylation sites (N-methyl/N-ethyl adjacent to an activating group) is 2. The average Bonchev–Trinajstić information content (AvgIpc) is 2.81. The first-order valence-corrected chi connectivity index (χ1v) is 14.1. The second-order valence-electron chi connectivity index (χ2n) is 11.4. The molecular formula is C29H53N3O6. The molecular weight excluding hydrogens is 486 g/mol. The van der Waals surface area contributed by atoms with Gasteiger partial charge in [0.1, 0.15) is 18.4 Å². The molecule has 0 aromatic carbocycles. The number of hydrogen-bond donors (Lipinski definition) is 2. The maximum atomic E-state index is 13.1. The molecule has 2 unspecified atom stereocenters. The molecule has 0 aliphatic heterocycles. The Bertz CT molecular complexity index is 753. The Morgan fingerprint density at radius 3 is 1.87 bits per heavy atom. The van der Waals surface area contributed by atoms with Crippen molar-refractivity contribution in [1.29, 1.82) is 0 Å². The quantitative estimate of drug-likeness (QED) is 0.129. The van der Waals surface area contributed by atoms with E-state index in [9.17, 15) is 24.0 Å². The van der Waals surface area contributed by atoms with Gasteiger partial charge in [-0.3, -0.25) is 24.1 Å². The van der Waals surface area contributed by atoms with Crippen LogP contribution in [0.2, 0.25) is 0 Å². The van der Waals surface area contributed by atoms with Gasteiger partial charge in [-0.1, -0.05) is 47.5 Å². The Hall–Kier alpha value is -2.13. The van der Waals surface area contributed by atoms with Crippen LogP contribution in [0.4, 0.5) is 0 Å². The Morgan fingerprint density at radius 1 is 0.895 bits per heavy atom. The number of nitrogens with one attached hydrogen (secondary N) is 2. The van der Waals surface area contributed by atoms with Gasteiger partial charge in [0.25, 0.3) is 0 Å². The van der Waals surface area contributed by atoms with Crippen molar-refractivity contribution < 1.29 is 28.7 Å². The van der Waals surface area contributed by atoms with Gasteiger partial charge in [0.2, 0.25) is 5.91 Å². The molecule has 0 saturated heterocycles. The monoisotopic (exact) mass is 539 g/mol. The van der Waals surface area contributed by atoms with E-state index in [1.165, 1.54) is 6.92 Å². The first-order chi connectivity index (χ1) is 17.8. The molecule has 2 N–H and O–H groups in total. The first kappa shape index (κ1) is 35.9. The number of unbranched alkanes of at least 4 members (excludes halogenated alkanes) is 3. The standard InChI is InChI=1S/C29H53N3O6/c1-19(2)18-23(30-7)29(37)31-26(20(3)4)24(35)14-12-10-11-13-15-25(36)27(32(8)9)28(38-22(6)34)21(5)16-17-33/h17,19-21,23,26-28,30H,10-16,18H2,1-9H3,(H,31,37)/t21-,23+,26+,27?,28?/m1/s1. The summed E-state index contributed by atoms with van der Waals surface area (Å²) < 4.78 is 5.46. The summed E-state index contributed by atoms with van der Waals surface area (Å²) >= 11 is 0. The summed E-state index contributed by atoms with van der Waals surface area (Å²) in [6, 6.07) is -1.46. The van der Waals surface area contributed by atoms with Crippen LogP contribution >= 0.6 is 0 Å². The van der Waals surface area contributed by atoms with Gasteiger partial charge in [-0.15, -0.1) is 0 Å². The molecule has 9 heteroatoms. The number of amides is 1. The summed E-state index contributed by atoms with van der Waals surface area (Å²) in [7, 11) is 5.29. The van der Waals surface area contributed by atoms with Crippen LogP contribution in [0.15, 0.2) is 0 Å². The molecule has 0 bridgehead atoms. The summed E-state index contributed by atoms with van der Waals surface area (Å²) in [6.45, 7) is 11.1. The van der Waals surface area contributed by atoms with Crippen LogP contribution in [0.3, 0.4) is 0 Å². The molecule has 1 amide bonds. The second kappa shape index (κ2) is 19.0. The van der Waals surface area contributed by atoms with Crippen molar-refractivity contribution in [2.75, 3.05) is 21.1 Å². The van der Waals surface area contributed by atoms with Crippen LogP contribution in [-0.2, 0) is 28.7 Å². The summed E-state index contributed by atoms with van der Waals surface area (Å²) in [5.41, 5.74) is 0. The number of ketones is 2. The zero-order chi connectivity index (χ0) is 29.4. The van der Waals surface area contributed by atoms with Crippen molar-refractivity contribution in [3.05, 3.63) is 0 Å². The van der Waals surface area contributed by atoms with Gasteiger partial charge in [0.15, 0.2) is 11.6 Å². The van der Waals surface area contributed by atoms with E-state index in [0.29, 0.717) is 38.0 Å². The minimum atomic E-state index is -0.691. The molecule has 0 fully saturated rings. The van der Waals surface area contributed by atoms with E-state index in [0.717, 1.165) is 19.1 Å². The number of ether oxygens (including phenoxy) is 1. The fourth-order valence-electron chi connectivity index (χ4n) is 4.69.